The minimum absolute atomic E-state index is 0.688. The van der Waals surface area contributed by atoms with Crippen molar-refractivity contribution in [3.8, 4) is 11.1 Å². The number of aryl methyl sites for hydroxylation is 1. The first-order chi connectivity index (χ1) is 8.00. The van der Waals surface area contributed by atoms with Crippen LogP contribution in [0.15, 0.2) is 36.4 Å². The highest BCUT2D eigenvalue weighted by Gasteiger charge is 2.36. The van der Waals surface area contributed by atoms with E-state index in [0.717, 1.165) is 27.8 Å². The van der Waals surface area contributed by atoms with Crippen LogP contribution >= 0.6 is 0 Å². The van der Waals surface area contributed by atoms with E-state index in [0.29, 0.717) is 5.69 Å². The molecule has 0 radical (unpaired) electrons. The third-order valence-corrected chi connectivity index (χ3v) is 3.40. The molecule has 3 rings (SSSR count). The molecule has 2 aromatic carbocycles. The maximum atomic E-state index is 6.26. The van der Waals surface area contributed by atoms with E-state index in [9.17, 15) is 0 Å². The van der Waals surface area contributed by atoms with Crippen LogP contribution in [-0.4, -0.2) is 0 Å². The van der Waals surface area contributed by atoms with E-state index in [-0.39, 0.29) is 0 Å². The van der Waals surface area contributed by atoms with Crippen molar-refractivity contribution in [3.05, 3.63) is 53.1 Å². The fourth-order valence-corrected chi connectivity index (χ4v) is 2.52. The molecule has 0 atom stereocenters. The maximum Gasteiger partial charge on any atom is 0.118 e. The van der Waals surface area contributed by atoms with Gasteiger partial charge in [-0.05, 0) is 35.7 Å². The number of nitrogens with two attached hydrogens (primary N) is 3. The van der Waals surface area contributed by atoms with Crippen LogP contribution in [-0.2, 0) is 5.66 Å². The predicted octanol–water partition coefficient (Wildman–Crippen LogP) is 1.68. The molecule has 1 aliphatic rings. The van der Waals surface area contributed by atoms with Gasteiger partial charge in [0.2, 0.25) is 0 Å². The van der Waals surface area contributed by atoms with Crippen molar-refractivity contribution in [3.63, 3.8) is 0 Å². The van der Waals surface area contributed by atoms with Gasteiger partial charge in [0, 0.05) is 11.3 Å². The molecule has 17 heavy (non-hydrogen) atoms. The van der Waals surface area contributed by atoms with Gasteiger partial charge in [0.15, 0.2) is 0 Å². The number of benzene rings is 2. The SMILES string of the molecule is Cc1ccc2c(c1)C(N)(N)c1cc(N)ccc1-2. The monoisotopic (exact) mass is 225 g/mol. The van der Waals surface area contributed by atoms with E-state index in [1.54, 1.807) is 0 Å². The molecule has 0 heterocycles. The highest BCUT2D eigenvalue weighted by molar-refractivity contribution is 5.82. The quantitative estimate of drug-likeness (QED) is 0.471. The molecular weight excluding hydrogens is 210 g/mol. The van der Waals surface area contributed by atoms with E-state index in [1.165, 1.54) is 0 Å². The Labute approximate surface area is 100 Å². The van der Waals surface area contributed by atoms with E-state index in [2.05, 4.69) is 12.1 Å². The molecule has 0 bridgehead atoms. The lowest BCUT2D eigenvalue weighted by Crippen LogP contribution is -2.45. The van der Waals surface area contributed by atoms with Gasteiger partial charge in [0.05, 0.1) is 0 Å². The minimum atomic E-state index is -0.938. The van der Waals surface area contributed by atoms with Crippen LogP contribution in [0.2, 0.25) is 0 Å². The molecule has 1 aliphatic carbocycles. The van der Waals surface area contributed by atoms with Gasteiger partial charge in [0.1, 0.15) is 5.66 Å². The molecule has 0 saturated heterocycles. The van der Waals surface area contributed by atoms with Crippen molar-refractivity contribution in [2.75, 3.05) is 5.73 Å². The first-order valence-corrected chi connectivity index (χ1v) is 5.59. The van der Waals surface area contributed by atoms with Gasteiger partial charge in [-0.2, -0.15) is 0 Å². The van der Waals surface area contributed by atoms with Gasteiger partial charge >= 0.3 is 0 Å². The Hall–Kier alpha value is -1.84. The zero-order chi connectivity index (χ0) is 12.2. The molecule has 2 aromatic rings. The Bertz CT molecular complexity index is 561. The molecule has 3 nitrogen and oxygen atoms in total. The third kappa shape index (κ3) is 1.30. The van der Waals surface area contributed by atoms with Crippen LogP contribution in [0.25, 0.3) is 11.1 Å². The highest BCUT2D eigenvalue weighted by atomic mass is 15.0. The number of rotatable bonds is 0. The van der Waals surface area contributed by atoms with Crippen molar-refractivity contribution in [1.29, 1.82) is 0 Å². The normalized spacial score (nSPS) is 15.5. The smallest absolute Gasteiger partial charge is 0.118 e. The number of hydrogen-bond acceptors (Lipinski definition) is 3. The Morgan fingerprint density at radius 3 is 2.18 bits per heavy atom. The zero-order valence-electron chi connectivity index (χ0n) is 9.70. The largest absolute Gasteiger partial charge is 0.399 e. The van der Waals surface area contributed by atoms with Crippen molar-refractivity contribution in [2.24, 2.45) is 11.5 Å². The summed E-state index contributed by atoms with van der Waals surface area (Å²) >= 11 is 0. The molecule has 6 N–H and O–H groups in total. The molecule has 0 aromatic heterocycles. The second kappa shape index (κ2) is 3.09. The van der Waals surface area contributed by atoms with Crippen molar-refractivity contribution in [2.45, 2.75) is 12.6 Å². The zero-order valence-corrected chi connectivity index (χ0v) is 9.70. The van der Waals surface area contributed by atoms with Gasteiger partial charge < -0.3 is 17.2 Å². The van der Waals surface area contributed by atoms with E-state index >= 15 is 0 Å². The Balaban J connectivity index is 2.37. The standard InChI is InChI=1S/C14H15N3/c1-8-2-4-10-11-5-3-9(15)7-13(11)14(16,17)12(10)6-8/h2-7H,15-17H2,1H3. The lowest BCUT2D eigenvalue weighted by atomic mass is 9.98. The Morgan fingerprint density at radius 1 is 0.882 bits per heavy atom. The predicted molar refractivity (Wildman–Crippen MR) is 70.2 cm³/mol. The summed E-state index contributed by atoms with van der Waals surface area (Å²) in [5.74, 6) is 0. The van der Waals surface area contributed by atoms with E-state index in [4.69, 9.17) is 17.2 Å². The second-order valence-corrected chi connectivity index (χ2v) is 4.72. The van der Waals surface area contributed by atoms with Crippen LogP contribution in [0.5, 0.6) is 0 Å². The van der Waals surface area contributed by atoms with Gasteiger partial charge in [-0.25, -0.2) is 0 Å². The summed E-state index contributed by atoms with van der Waals surface area (Å²) in [7, 11) is 0. The molecule has 0 aliphatic heterocycles. The van der Waals surface area contributed by atoms with E-state index in [1.807, 2.05) is 31.2 Å². The number of hydrogen-bond donors (Lipinski definition) is 3. The average Bonchev–Trinajstić information content (AvgIpc) is 2.49. The number of anilines is 1. The molecular formula is C14H15N3. The average molecular weight is 225 g/mol. The Morgan fingerprint density at radius 2 is 1.47 bits per heavy atom. The summed E-state index contributed by atoms with van der Waals surface area (Å²) in [6.07, 6.45) is 0. The molecule has 3 heteroatoms. The maximum absolute atomic E-state index is 6.26. The van der Waals surface area contributed by atoms with Gasteiger partial charge in [-0.1, -0.05) is 29.8 Å². The van der Waals surface area contributed by atoms with E-state index < -0.39 is 5.66 Å². The van der Waals surface area contributed by atoms with Crippen molar-refractivity contribution in [1.82, 2.24) is 0 Å². The molecule has 0 unspecified atom stereocenters. The summed E-state index contributed by atoms with van der Waals surface area (Å²) in [5.41, 5.74) is 23.3. The summed E-state index contributed by atoms with van der Waals surface area (Å²) in [6.45, 7) is 2.04. The molecule has 0 amide bonds. The molecule has 86 valence electrons. The van der Waals surface area contributed by atoms with Gasteiger partial charge in [0.25, 0.3) is 0 Å². The fraction of sp³-hybridized carbons (Fsp3) is 0.143. The summed E-state index contributed by atoms with van der Waals surface area (Å²) in [6, 6.07) is 11.9. The topological polar surface area (TPSA) is 78.1 Å². The van der Waals surface area contributed by atoms with Crippen LogP contribution in [0.3, 0.4) is 0 Å². The molecule has 0 spiro atoms. The van der Waals surface area contributed by atoms with Crippen LogP contribution in [0, 0.1) is 6.92 Å². The van der Waals surface area contributed by atoms with Crippen molar-refractivity contribution >= 4 is 5.69 Å². The second-order valence-electron chi connectivity index (χ2n) is 4.72. The van der Waals surface area contributed by atoms with Crippen LogP contribution in [0.4, 0.5) is 5.69 Å². The highest BCUT2D eigenvalue weighted by Crippen LogP contribution is 2.44. The summed E-state index contributed by atoms with van der Waals surface area (Å²) in [5, 5.41) is 0. The number of fused-ring (bicyclic) bond motifs is 3. The third-order valence-electron chi connectivity index (χ3n) is 3.40. The van der Waals surface area contributed by atoms with Gasteiger partial charge in [-0.3, -0.25) is 0 Å². The van der Waals surface area contributed by atoms with Crippen LogP contribution < -0.4 is 17.2 Å². The summed E-state index contributed by atoms with van der Waals surface area (Å²) in [4.78, 5) is 0. The first-order valence-electron chi connectivity index (χ1n) is 5.59. The lowest BCUT2D eigenvalue weighted by Gasteiger charge is -2.21. The minimum Gasteiger partial charge on any atom is -0.399 e. The van der Waals surface area contributed by atoms with Crippen LogP contribution in [0.1, 0.15) is 16.7 Å². The fourth-order valence-electron chi connectivity index (χ4n) is 2.52. The summed E-state index contributed by atoms with van der Waals surface area (Å²) < 4.78 is 0. The van der Waals surface area contributed by atoms with Crippen molar-refractivity contribution < 1.29 is 0 Å². The molecule has 0 fully saturated rings. The lowest BCUT2D eigenvalue weighted by molar-refractivity contribution is 0.584. The number of nitrogen functional groups attached to an aromatic ring is 1. The molecule has 0 saturated carbocycles. The first kappa shape index (κ1) is 10.3. The Kier molecular flexibility index (Phi) is 1.88. The van der Waals surface area contributed by atoms with Gasteiger partial charge in [-0.15, -0.1) is 0 Å².